The molecule has 2 aliphatic rings. The first kappa shape index (κ1) is 20.2. The van der Waals surface area contributed by atoms with Crippen molar-refractivity contribution in [2.45, 2.75) is 45.6 Å². The van der Waals surface area contributed by atoms with E-state index in [-0.39, 0.29) is 5.97 Å². The monoisotopic (exact) mass is 408 g/mol. The molecule has 1 aromatic heterocycles. The molecule has 0 atom stereocenters. The molecule has 0 spiro atoms. The third-order valence-corrected chi connectivity index (χ3v) is 5.93. The molecule has 2 heterocycles. The lowest BCUT2D eigenvalue weighted by Crippen LogP contribution is -2.42. The molecule has 1 aliphatic heterocycles. The predicted molar refractivity (Wildman–Crippen MR) is 116 cm³/mol. The van der Waals surface area contributed by atoms with Crippen LogP contribution in [-0.2, 0) is 4.74 Å². The maximum absolute atomic E-state index is 12.2. The van der Waals surface area contributed by atoms with Crippen LogP contribution in [0.3, 0.4) is 0 Å². The molecule has 2 aromatic rings. The van der Waals surface area contributed by atoms with Gasteiger partial charge in [-0.2, -0.15) is 0 Å². The fourth-order valence-corrected chi connectivity index (χ4v) is 4.45. The lowest BCUT2D eigenvalue weighted by atomic mass is 9.95. The summed E-state index contributed by atoms with van der Waals surface area (Å²) in [6.07, 6.45) is 6.63. The Balaban J connectivity index is 1.84. The van der Waals surface area contributed by atoms with Gasteiger partial charge in [0, 0.05) is 25.2 Å². The summed E-state index contributed by atoms with van der Waals surface area (Å²) in [7, 11) is 1.63. The van der Waals surface area contributed by atoms with Gasteiger partial charge in [-0.3, -0.25) is 4.99 Å². The first-order chi connectivity index (χ1) is 14.5. The number of carbonyl (C=O) groups excluding carboxylic acids is 1. The Kier molecular flexibility index (Phi) is 5.61. The van der Waals surface area contributed by atoms with E-state index in [0.29, 0.717) is 30.4 Å². The maximum atomic E-state index is 12.2. The smallest absolute Gasteiger partial charge is 0.338 e. The average molecular weight is 409 g/mol. The molecule has 0 radical (unpaired) electrons. The van der Waals surface area contributed by atoms with Crippen molar-refractivity contribution in [3.63, 3.8) is 0 Å². The van der Waals surface area contributed by atoms with Gasteiger partial charge in [-0.15, -0.1) is 4.73 Å². The molecule has 1 saturated carbocycles. The van der Waals surface area contributed by atoms with Crippen molar-refractivity contribution in [3.05, 3.63) is 52.3 Å². The summed E-state index contributed by atoms with van der Waals surface area (Å²) in [5, 5.41) is 10.9. The number of aryl methyl sites for hydroxylation is 1. The summed E-state index contributed by atoms with van der Waals surface area (Å²) in [4.78, 5) is 23.1. The van der Waals surface area contributed by atoms with E-state index in [1.54, 1.807) is 20.0 Å². The second-order valence-corrected chi connectivity index (χ2v) is 7.81. The molecular weight excluding hydrogens is 380 g/mol. The average Bonchev–Trinajstić information content (AvgIpc) is 3.30. The van der Waals surface area contributed by atoms with Crippen molar-refractivity contribution in [1.29, 1.82) is 0 Å². The SMILES string of the molecule is CCOC(=O)c1cccc(C2=Cc3c(C)nc(=NC)n(O)c3N(C3CCCC3)C2)c1. The van der Waals surface area contributed by atoms with Gasteiger partial charge in [0.2, 0.25) is 0 Å². The van der Waals surface area contributed by atoms with E-state index >= 15 is 0 Å². The molecule has 1 fully saturated rings. The molecule has 1 aliphatic carbocycles. The van der Waals surface area contributed by atoms with Crippen LogP contribution >= 0.6 is 0 Å². The molecule has 4 rings (SSSR count). The van der Waals surface area contributed by atoms with Crippen molar-refractivity contribution < 1.29 is 14.7 Å². The van der Waals surface area contributed by atoms with Crippen molar-refractivity contribution in [2.75, 3.05) is 25.1 Å². The van der Waals surface area contributed by atoms with E-state index in [1.807, 2.05) is 25.1 Å². The molecule has 0 unspecified atom stereocenters. The number of benzene rings is 1. The molecule has 1 N–H and O–H groups in total. The Hall–Kier alpha value is -3.09. The predicted octanol–water partition coefficient (Wildman–Crippen LogP) is 3.44. The van der Waals surface area contributed by atoms with Crippen molar-refractivity contribution in [3.8, 4) is 0 Å². The number of carbonyl (C=O) groups is 1. The Labute approximate surface area is 176 Å². The normalized spacial score (nSPS) is 17.1. The number of ether oxygens (including phenoxy) is 1. The minimum atomic E-state index is -0.316. The van der Waals surface area contributed by atoms with Crippen LogP contribution < -0.4 is 10.5 Å². The van der Waals surface area contributed by atoms with Gasteiger partial charge in [0.1, 0.15) is 0 Å². The summed E-state index contributed by atoms with van der Waals surface area (Å²) >= 11 is 0. The van der Waals surface area contributed by atoms with Crippen LogP contribution in [0.15, 0.2) is 29.3 Å². The number of nitrogens with zero attached hydrogens (tertiary/aromatic N) is 4. The first-order valence-electron chi connectivity index (χ1n) is 10.5. The van der Waals surface area contributed by atoms with Crippen molar-refractivity contribution >= 4 is 23.4 Å². The Bertz CT molecular complexity index is 1060. The number of esters is 1. The lowest BCUT2D eigenvalue weighted by Gasteiger charge is -2.37. The molecular formula is C23H28N4O3. The van der Waals surface area contributed by atoms with E-state index in [9.17, 15) is 10.0 Å². The highest BCUT2D eigenvalue weighted by Gasteiger charge is 2.31. The van der Waals surface area contributed by atoms with Crippen LogP contribution in [0, 0.1) is 6.92 Å². The van der Waals surface area contributed by atoms with E-state index in [1.165, 1.54) is 12.8 Å². The second kappa shape index (κ2) is 8.34. The first-order valence-corrected chi connectivity index (χ1v) is 10.5. The van der Waals surface area contributed by atoms with E-state index in [4.69, 9.17) is 4.74 Å². The Morgan fingerprint density at radius 2 is 2.10 bits per heavy atom. The summed E-state index contributed by atoms with van der Waals surface area (Å²) in [6, 6.07) is 7.90. The summed E-state index contributed by atoms with van der Waals surface area (Å²) in [5.74, 6) is 0.435. The van der Waals surface area contributed by atoms with E-state index in [2.05, 4.69) is 21.0 Å². The molecule has 158 valence electrons. The number of anilines is 1. The lowest BCUT2D eigenvalue weighted by molar-refractivity contribution is 0.0526. The topological polar surface area (TPSA) is 79.9 Å². The zero-order valence-electron chi connectivity index (χ0n) is 17.8. The van der Waals surface area contributed by atoms with Crippen LogP contribution in [0.4, 0.5) is 5.82 Å². The zero-order chi connectivity index (χ0) is 21.3. The quantitative estimate of drug-likeness (QED) is 0.619. The minimum absolute atomic E-state index is 0.301. The largest absolute Gasteiger partial charge is 0.462 e. The summed E-state index contributed by atoms with van der Waals surface area (Å²) in [6.45, 7) is 4.74. The second-order valence-electron chi connectivity index (χ2n) is 7.81. The maximum Gasteiger partial charge on any atom is 0.338 e. The minimum Gasteiger partial charge on any atom is -0.462 e. The third-order valence-electron chi connectivity index (χ3n) is 5.93. The van der Waals surface area contributed by atoms with Crippen LogP contribution in [0.1, 0.15) is 59.8 Å². The molecule has 1 aromatic carbocycles. The van der Waals surface area contributed by atoms with Crippen LogP contribution in [-0.4, -0.2) is 47.1 Å². The number of hydrogen-bond acceptors (Lipinski definition) is 6. The number of rotatable bonds is 4. The summed E-state index contributed by atoms with van der Waals surface area (Å²) in [5.41, 5.74) is 4.61. The van der Waals surface area contributed by atoms with E-state index < -0.39 is 0 Å². The molecule has 7 heteroatoms. The molecule has 7 nitrogen and oxygen atoms in total. The fourth-order valence-electron chi connectivity index (χ4n) is 4.45. The number of aromatic nitrogens is 2. The van der Waals surface area contributed by atoms with Crippen molar-refractivity contribution in [1.82, 2.24) is 9.71 Å². The zero-order valence-corrected chi connectivity index (χ0v) is 17.8. The van der Waals surface area contributed by atoms with Gasteiger partial charge in [-0.25, -0.2) is 9.78 Å². The highest BCUT2D eigenvalue weighted by atomic mass is 16.5. The fraction of sp³-hybridized carbons (Fsp3) is 0.435. The Morgan fingerprint density at radius 1 is 1.33 bits per heavy atom. The van der Waals surface area contributed by atoms with Gasteiger partial charge in [-0.1, -0.05) is 25.0 Å². The highest BCUT2D eigenvalue weighted by molar-refractivity contribution is 5.94. The standard InChI is InChI=1S/C23H28N4O3/c1-4-30-22(28)17-9-7-8-16(12-17)18-13-20-15(2)25-23(24-3)27(29)21(20)26(14-18)19-10-5-6-11-19/h7-9,12-13,19,29H,4-6,10-11,14H2,1-3H3. The van der Waals surface area contributed by atoms with Gasteiger partial charge in [0.25, 0.3) is 5.62 Å². The summed E-state index contributed by atoms with van der Waals surface area (Å²) < 4.78 is 6.28. The van der Waals surface area contributed by atoms with Crippen LogP contribution in [0.5, 0.6) is 0 Å². The van der Waals surface area contributed by atoms with E-state index in [0.717, 1.165) is 45.8 Å². The number of hydrogen-bond donors (Lipinski definition) is 1. The van der Waals surface area contributed by atoms with Gasteiger partial charge < -0.3 is 14.8 Å². The van der Waals surface area contributed by atoms with Crippen molar-refractivity contribution in [2.24, 2.45) is 4.99 Å². The van der Waals surface area contributed by atoms with Crippen LogP contribution in [0.25, 0.3) is 11.6 Å². The number of fused-ring (bicyclic) bond motifs is 1. The molecule has 0 bridgehead atoms. The highest BCUT2D eigenvalue weighted by Crippen LogP contribution is 2.37. The molecule has 30 heavy (non-hydrogen) atoms. The van der Waals surface area contributed by atoms with Gasteiger partial charge in [0.15, 0.2) is 5.82 Å². The van der Waals surface area contributed by atoms with Gasteiger partial charge >= 0.3 is 5.97 Å². The van der Waals surface area contributed by atoms with Gasteiger partial charge in [-0.05, 0) is 56.0 Å². The third kappa shape index (κ3) is 3.60. The van der Waals surface area contributed by atoms with Gasteiger partial charge in [0.05, 0.1) is 17.9 Å². The van der Waals surface area contributed by atoms with Crippen LogP contribution in [0.2, 0.25) is 0 Å². The molecule has 0 saturated heterocycles. The Morgan fingerprint density at radius 3 is 2.80 bits per heavy atom. The molecule has 0 amide bonds.